The molecule has 0 spiro atoms. The Labute approximate surface area is 196 Å². The summed E-state index contributed by atoms with van der Waals surface area (Å²) >= 11 is 1.04. The number of allylic oxidation sites excluding steroid dienone is 1. The summed E-state index contributed by atoms with van der Waals surface area (Å²) in [4.78, 5) is 27.0. The number of ether oxygens (including phenoxy) is 2. The molecule has 1 aromatic heterocycles. The molecule has 0 aromatic carbocycles. The number of carbonyl (C=O) groups is 2. The average molecular weight is 489 g/mol. The summed E-state index contributed by atoms with van der Waals surface area (Å²) in [6.45, 7) is 6.00. The molecule has 6 nitrogen and oxygen atoms in total. The minimum atomic E-state index is -4.55. The Morgan fingerprint density at radius 1 is 1.33 bits per heavy atom. The van der Waals surface area contributed by atoms with Gasteiger partial charge in [-0.15, -0.1) is 11.3 Å². The molecule has 3 rings (SSSR count). The molecule has 1 N–H and O–H groups in total. The molecular weight excluding hydrogens is 457 g/mol. The van der Waals surface area contributed by atoms with E-state index in [1.165, 1.54) is 7.11 Å². The summed E-state index contributed by atoms with van der Waals surface area (Å²) in [6.07, 6.45) is -0.509. The maximum Gasteiger partial charge on any atom is 0.417 e. The summed E-state index contributed by atoms with van der Waals surface area (Å²) in [5, 5.41) is 2.53. The van der Waals surface area contributed by atoms with Crippen LogP contribution in [0.25, 0.3) is 5.57 Å². The van der Waals surface area contributed by atoms with Gasteiger partial charge in [0, 0.05) is 28.9 Å². The molecule has 10 heteroatoms. The zero-order chi connectivity index (χ0) is 24.2. The highest BCUT2D eigenvalue weighted by Gasteiger charge is 2.41. The third-order valence-electron chi connectivity index (χ3n) is 6.00. The van der Waals surface area contributed by atoms with Crippen molar-refractivity contribution in [2.24, 2.45) is 0 Å². The predicted molar refractivity (Wildman–Crippen MR) is 120 cm³/mol. The number of halogens is 3. The van der Waals surface area contributed by atoms with E-state index in [1.807, 2.05) is 11.8 Å². The number of hydrogen-bond acceptors (Lipinski definition) is 5. The van der Waals surface area contributed by atoms with Gasteiger partial charge in [0.05, 0.1) is 18.7 Å². The monoisotopic (exact) mass is 488 g/mol. The molecule has 1 aliphatic carbocycles. The van der Waals surface area contributed by atoms with Gasteiger partial charge in [0.25, 0.3) is 5.91 Å². The van der Waals surface area contributed by atoms with Crippen molar-refractivity contribution in [1.29, 1.82) is 0 Å². The number of alkyl halides is 3. The molecule has 1 saturated carbocycles. The number of alkyl carbamates (subject to hydrolysis) is 1. The molecule has 2 fully saturated rings. The first-order valence-corrected chi connectivity index (χ1v) is 12.1. The van der Waals surface area contributed by atoms with Crippen LogP contribution in [0.5, 0.6) is 0 Å². The zero-order valence-electron chi connectivity index (χ0n) is 19.0. The van der Waals surface area contributed by atoms with Crippen LogP contribution in [0.2, 0.25) is 0 Å². The van der Waals surface area contributed by atoms with Crippen LogP contribution in [0.15, 0.2) is 12.6 Å². The second-order valence-corrected chi connectivity index (χ2v) is 9.59. The van der Waals surface area contributed by atoms with Gasteiger partial charge < -0.3 is 19.7 Å². The van der Waals surface area contributed by atoms with Crippen molar-refractivity contribution in [2.45, 2.75) is 76.2 Å². The maximum atomic E-state index is 13.5. The minimum absolute atomic E-state index is 0.0712. The van der Waals surface area contributed by atoms with Gasteiger partial charge in [-0.25, -0.2) is 4.79 Å². The second-order valence-electron chi connectivity index (χ2n) is 8.51. The fourth-order valence-corrected chi connectivity index (χ4v) is 5.30. The van der Waals surface area contributed by atoms with Crippen molar-refractivity contribution in [1.82, 2.24) is 10.2 Å². The fraction of sp³-hybridized carbons (Fsp3) is 0.652. The zero-order valence-corrected chi connectivity index (χ0v) is 19.8. The van der Waals surface area contributed by atoms with Gasteiger partial charge in [0.2, 0.25) is 0 Å². The lowest BCUT2D eigenvalue weighted by Gasteiger charge is -2.33. The summed E-state index contributed by atoms with van der Waals surface area (Å²) in [7, 11) is 1.25. The highest BCUT2D eigenvalue weighted by atomic mass is 32.1. The van der Waals surface area contributed by atoms with Gasteiger partial charge in [-0.3, -0.25) is 4.79 Å². The van der Waals surface area contributed by atoms with Crippen molar-refractivity contribution < 1.29 is 32.2 Å². The summed E-state index contributed by atoms with van der Waals surface area (Å²) in [5.74, 6) is -0.0712. The summed E-state index contributed by atoms with van der Waals surface area (Å²) in [6, 6.07) is 1.49. The molecular formula is C23H31F3N2O4S. The maximum absolute atomic E-state index is 13.5. The largest absolute Gasteiger partial charge is 0.453 e. The van der Waals surface area contributed by atoms with Gasteiger partial charge in [-0.1, -0.05) is 6.58 Å². The van der Waals surface area contributed by atoms with E-state index in [1.54, 1.807) is 6.07 Å². The first-order valence-electron chi connectivity index (χ1n) is 11.3. The van der Waals surface area contributed by atoms with Crippen molar-refractivity contribution in [3.63, 3.8) is 0 Å². The van der Waals surface area contributed by atoms with E-state index < -0.39 is 23.9 Å². The summed E-state index contributed by atoms with van der Waals surface area (Å²) < 4.78 is 50.7. The van der Waals surface area contributed by atoms with Crippen molar-refractivity contribution in [3.05, 3.63) is 28.0 Å². The first-order chi connectivity index (χ1) is 15.6. The molecule has 184 valence electrons. The highest BCUT2D eigenvalue weighted by Crippen LogP contribution is 2.43. The Balaban J connectivity index is 1.81. The van der Waals surface area contributed by atoms with Gasteiger partial charge >= 0.3 is 12.3 Å². The third kappa shape index (κ3) is 6.50. The van der Waals surface area contributed by atoms with E-state index in [4.69, 9.17) is 4.74 Å². The molecule has 2 heterocycles. The predicted octanol–water partition coefficient (Wildman–Crippen LogP) is 5.23. The lowest BCUT2D eigenvalue weighted by molar-refractivity contribution is -0.149. The smallest absolute Gasteiger partial charge is 0.417 e. The van der Waals surface area contributed by atoms with Crippen molar-refractivity contribution in [3.8, 4) is 0 Å². The molecule has 1 aromatic rings. The van der Waals surface area contributed by atoms with Crippen molar-refractivity contribution >= 4 is 28.9 Å². The van der Waals surface area contributed by atoms with Gasteiger partial charge in [-0.2, -0.15) is 13.2 Å². The second kappa shape index (κ2) is 10.9. The van der Waals surface area contributed by atoms with E-state index in [9.17, 15) is 22.8 Å². The van der Waals surface area contributed by atoms with Crippen LogP contribution in [-0.4, -0.2) is 55.5 Å². The Kier molecular flexibility index (Phi) is 8.44. The van der Waals surface area contributed by atoms with Crippen LogP contribution in [-0.2, 0) is 20.7 Å². The van der Waals surface area contributed by atoms with E-state index >= 15 is 0 Å². The number of hydrogen-bond donors (Lipinski definition) is 1. The van der Waals surface area contributed by atoms with Gasteiger partial charge in [0.15, 0.2) is 0 Å². The Morgan fingerprint density at radius 3 is 2.64 bits per heavy atom. The van der Waals surface area contributed by atoms with Crippen LogP contribution in [0.1, 0.15) is 66.8 Å². The molecule has 1 aliphatic heterocycles. The quantitative estimate of drug-likeness (QED) is 0.483. The number of carbonyl (C=O) groups excluding carboxylic acids is 2. The standard InChI is InChI=1S/C23H31F3N2O4S/c1-14(23(24,25)26)20-16(7-6-11-27-22(30)31-3)13-19(33-20)15(2)28(17-9-10-17)21(29)18-8-4-5-12-32-18/h13,15,17-18H,1,4-12H2,2-3H3,(H,27,30)/t15-,18-/m1/s1. The van der Waals surface area contributed by atoms with Gasteiger partial charge in [-0.05, 0) is 63.5 Å². The lowest BCUT2D eigenvalue weighted by Crippen LogP contribution is -2.44. The topological polar surface area (TPSA) is 67.9 Å². The molecule has 2 atom stereocenters. The van der Waals surface area contributed by atoms with Crippen LogP contribution >= 0.6 is 11.3 Å². The number of amides is 2. The molecule has 1 saturated heterocycles. The van der Waals surface area contributed by atoms with E-state index in [-0.39, 0.29) is 29.4 Å². The van der Waals surface area contributed by atoms with Crippen LogP contribution in [0.4, 0.5) is 18.0 Å². The average Bonchev–Trinajstić information content (AvgIpc) is 3.53. The number of aryl methyl sites for hydroxylation is 1. The highest BCUT2D eigenvalue weighted by molar-refractivity contribution is 7.13. The molecule has 0 bridgehead atoms. The number of thiophene rings is 1. The van der Waals surface area contributed by atoms with Crippen molar-refractivity contribution in [2.75, 3.05) is 20.3 Å². The van der Waals surface area contributed by atoms with E-state index in [0.29, 0.717) is 36.3 Å². The SMILES string of the molecule is C=C(c1sc([C@@H](C)N(C(=O)[C@H]2CCCCO2)C2CC2)cc1CCCNC(=O)OC)C(F)(F)F. The molecule has 0 unspecified atom stereocenters. The molecule has 0 radical (unpaired) electrons. The Morgan fingerprint density at radius 2 is 2.06 bits per heavy atom. The Bertz CT molecular complexity index is 860. The van der Waals surface area contributed by atoms with E-state index in [2.05, 4.69) is 16.6 Å². The Hall–Kier alpha value is -2.07. The first kappa shape index (κ1) is 25.6. The number of nitrogens with one attached hydrogen (secondary N) is 1. The lowest BCUT2D eigenvalue weighted by atomic mass is 10.0. The minimum Gasteiger partial charge on any atom is -0.453 e. The summed E-state index contributed by atoms with van der Waals surface area (Å²) in [5.41, 5.74) is -0.366. The molecule has 33 heavy (non-hydrogen) atoms. The molecule has 2 amide bonds. The van der Waals surface area contributed by atoms with E-state index in [0.717, 1.165) is 37.0 Å². The number of methoxy groups -OCH3 is 1. The van der Waals surface area contributed by atoms with Crippen LogP contribution < -0.4 is 5.32 Å². The fourth-order valence-electron chi connectivity index (χ4n) is 4.05. The van der Waals surface area contributed by atoms with Gasteiger partial charge in [0.1, 0.15) is 6.10 Å². The number of nitrogens with zero attached hydrogens (tertiary/aromatic N) is 1. The van der Waals surface area contributed by atoms with Crippen LogP contribution in [0.3, 0.4) is 0 Å². The number of rotatable bonds is 9. The normalized spacial score (nSPS) is 19.6. The molecule has 2 aliphatic rings. The van der Waals surface area contributed by atoms with Crippen LogP contribution in [0, 0.1) is 0 Å². The third-order valence-corrected chi connectivity index (χ3v) is 7.41.